The van der Waals surface area contributed by atoms with Crippen LogP contribution in [-0.2, 0) is 19.0 Å². The molecule has 1 unspecified atom stereocenters. The highest BCUT2D eigenvalue weighted by molar-refractivity contribution is 8.01. The normalized spacial score (nSPS) is 31.9. The summed E-state index contributed by atoms with van der Waals surface area (Å²) in [7, 11) is 1.30. The number of thioether (sulfide) groups is 1. The van der Waals surface area contributed by atoms with E-state index < -0.39 is 95.0 Å². The summed E-state index contributed by atoms with van der Waals surface area (Å²) >= 11 is 0.878. The molecular weight excluding hydrogens is 643 g/mol. The number of carbonyl (C=O) groups is 1. The summed E-state index contributed by atoms with van der Waals surface area (Å²) < 4.78 is 88.1. The number of rotatable bonds is 8. The second-order valence-electron chi connectivity index (χ2n) is 12.6. The number of methoxy groups -OCH3 is 1. The number of amides is 1. The van der Waals surface area contributed by atoms with Crippen molar-refractivity contribution < 1.29 is 56.3 Å². The van der Waals surface area contributed by atoms with Gasteiger partial charge in [-0.2, -0.15) is 0 Å². The van der Waals surface area contributed by atoms with E-state index in [0.717, 1.165) is 28.6 Å². The fourth-order valence-electron chi connectivity index (χ4n) is 6.36. The number of aliphatic hydroxyl groups is 3. The molecule has 3 saturated heterocycles. The standard InChI is InChI=1S/C29H37F5N4O7S/c1-27(2)14-28(42,6-9-44-27)24(25(41)37-7-4-29(33,34)5-8-37)46-26-23(43-3)21(22(40)19(13-39)45-26)38-12-18(35-36-38)15-10-16(30)20(32)17(31)11-15/h10-12,19,21-24,26,39-40,42H,4-9,13-14H2,1-3H3/t19-,21+,22+,23-,24?,26+,28+/m1/s1. The second-order valence-corrected chi connectivity index (χ2v) is 13.8. The number of likely N-dealkylation sites (tertiary alicyclic amines) is 1. The molecule has 256 valence electrons. The zero-order chi connectivity index (χ0) is 33.6. The van der Waals surface area contributed by atoms with E-state index in [2.05, 4.69) is 10.3 Å². The summed E-state index contributed by atoms with van der Waals surface area (Å²) in [5.41, 5.74) is -3.82. The van der Waals surface area contributed by atoms with Crippen LogP contribution in [-0.4, -0.2) is 121 Å². The number of aliphatic hydroxyl groups excluding tert-OH is 2. The fourth-order valence-corrected chi connectivity index (χ4v) is 7.98. The molecule has 0 radical (unpaired) electrons. The Labute approximate surface area is 266 Å². The summed E-state index contributed by atoms with van der Waals surface area (Å²) in [4.78, 5) is 15.3. The molecule has 3 aliphatic rings. The van der Waals surface area contributed by atoms with Crippen molar-refractivity contribution in [2.24, 2.45) is 0 Å². The Morgan fingerprint density at radius 2 is 1.83 bits per heavy atom. The van der Waals surface area contributed by atoms with Crippen LogP contribution in [0.5, 0.6) is 0 Å². The van der Waals surface area contributed by atoms with Gasteiger partial charge < -0.3 is 34.4 Å². The lowest BCUT2D eigenvalue weighted by Crippen LogP contribution is -2.61. The van der Waals surface area contributed by atoms with Gasteiger partial charge in [-0.25, -0.2) is 26.6 Å². The van der Waals surface area contributed by atoms with Gasteiger partial charge in [-0.15, -0.1) is 16.9 Å². The molecule has 0 bridgehead atoms. The molecule has 46 heavy (non-hydrogen) atoms. The van der Waals surface area contributed by atoms with Crippen molar-refractivity contribution in [3.63, 3.8) is 0 Å². The van der Waals surface area contributed by atoms with E-state index in [1.54, 1.807) is 13.8 Å². The third kappa shape index (κ3) is 7.05. The molecule has 3 N–H and O–H groups in total. The Hall–Kier alpha value is -2.41. The van der Waals surface area contributed by atoms with Gasteiger partial charge in [-0.1, -0.05) is 5.21 Å². The van der Waals surface area contributed by atoms with Gasteiger partial charge in [0.05, 0.1) is 30.6 Å². The number of hydrogen-bond acceptors (Lipinski definition) is 10. The first-order valence-corrected chi connectivity index (χ1v) is 15.7. The zero-order valence-corrected chi connectivity index (χ0v) is 26.2. The van der Waals surface area contributed by atoms with Crippen molar-refractivity contribution in [2.45, 2.75) is 91.7 Å². The average Bonchev–Trinajstić information content (AvgIpc) is 3.47. The van der Waals surface area contributed by atoms with Gasteiger partial charge in [0.25, 0.3) is 5.92 Å². The van der Waals surface area contributed by atoms with Gasteiger partial charge >= 0.3 is 0 Å². The Morgan fingerprint density at radius 1 is 1.17 bits per heavy atom. The molecule has 3 aliphatic heterocycles. The van der Waals surface area contributed by atoms with Crippen LogP contribution in [0.2, 0.25) is 0 Å². The minimum absolute atomic E-state index is 0.0322. The first-order valence-electron chi connectivity index (χ1n) is 14.8. The SMILES string of the molecule is CO[C@@H]1[C@@H](n2cc(-c3cc(F)c(F)c(F)c3)nn2)[C@@H](O)[C@@H](CO)O[C@H]1SC(C(=O)N1CCC(F)(F)CC1)[C@]1(O)CCOC(C)(C)C1. The van der Waals surface area contributed by atoms with Crippen LogP contribution in [0.3, 0.4) is 0 Å². The van der Waals surface area contributed by atoms with Gasteiger partial charge in [-0.3, -0.25) is 4.79 Å². The van der Waals surface area contributed by atoms with Crippen molar-refractivity contribution in [1.82, 2.24) is 19.9 Å². The maximum absolute atomic E-state index is 14.0. The Morgan fingerprint density at radius 3 is 2.41 bits per heavy atom. The first kappa shape index (κ1) is 34.9. The van der Waals surface area contributed by atoms with E-state index in [9.17, 15) is 42.1 Å². The molecule has 3 fully saturated rings. The fraction of sp³-hybridized carbons (Fsp3) is 0.690. The lowest BCUT2D eigenvalue weighted by molar-refractivity contribution is -0.187. The first-order chi connectivity index (χ1) is 21.6. The van der Waals surface area contributed by atoms with Crippen LogP contribution in [0.1, 0.15) is 45.6 Å². The van der Waals surface area contributed by atoms with Crippen LogP contribution in [0.25, 0.3) is 11.3 Å². The van der Waals surface area contributed by atoms with Crippen LogP contribution in [0, 0.1) is 17.5 Å². The van der Waals surface area contributed by atoms with Crippen LogP contribution in [0.4, 0.5) is 22.0 Å². The van der Waals surface area contributed by atoms with Crippen molar-refractivity contribution in [3.8, 4) is 11.3 Å². The van der Waals surface area contributed by atoms with Gasteiger partial charge in [0.1, 0.15) is 40.7 Å². The molecule has 2 aromatic rings. The molecule has 0 aliphatic carbocycles. The highest BCUT2D eigenvalue weighted by Gasteiger charge is 2.55. The maximum atomic E-state index is 14.0. The lowest BCUT2D eigenvalue weighted by atomic mass is 9.81. The summed E-state index contributed by atoms with van der Waals surface area (Å²) in [6, 6.07) is 0.327. The van der Waals surface area contributed by atoms with Crippen molar-refractivity contribution in [1.29, 1.82) is 0 Å². The molecule has 1 aromatic heterocycles. The largest absolute Gasteiger partial charge is 0.394 e. The van der Waals surface area contributed by atoms with E-state index in [1.165, 1.54) is 18.2 Å². The van der Waals surface area contributed by atoms with Gasteiger partial charge in [0, 0.05) is 51.4 Å². The molecule has 5 rings (SSSR count). The van der Waals surface area contributed by atoms with Crippen molar-refractivity contribution in [3.05, 3.63) is 35.8 Å². The summed E-state index contributed by atoms with van der Waals surface area (Å²) in [6.07, 6.45) is -3.54. The lowest BCUT2D eigenvalue weighted by Gasteiger charge is -2.49. The van der Waals surface area contributed by atoms with E-state index in [1.807, 2.05) is 0 Å². The smallest absolute Gasteiger partial charge is 0.251 e. The number of benzene rings is 1. The predicted molar refractivity (Wildman–Crippen MR) is 153 cm³/mol. The predicted octanol–water partition coefficient (Wildman–Crippen LogP) is 2.68. The minimum atomic E-state index is -2.91. The number of piperidine rings is 1. The highest BCUT2D eigenvalue weighted by Crippen LogP contribution is 2.46. The van der Waals surface area contributed by atoms with Gasteiger partial charge in [0.15, 0.2) is 17.5 Å². The number of nitrogens with zero attached hydrogens (tertiary/aromatic N) is 4. The molecular formula is C29H37F5N4O7S. The monoisotopic (exact) mass is 680 g/mol. The number of aromatic nitrogens is 3. The highest BCUT2D eigenvalue weighted by atomic mass is 32.2. The third-order valence-corrected chi connectivity index (χ3v) is 10.3. The van der Waals surface area contributed by atoms with Crippen LogP contribution < -0.4 is 0 Å². The summed E-state index contributed by atoms with van der Waals surface area (Å²) in [5, 5.41) is 40.0. The van der Waals surface area contributed by atoms with Gasteiger partial charge in [-0.05, 0) is 26.0 Å². The van der Waals surface area contributed by atoms with E-state index >= 15 is 0 Å². The number of hydrogen-bond donors (Lipinski definition) is 3. The third-order valence-electron chi connectivity index (χ3n) is 8.74. The summed E-state index contributed by atoms with van der Waals surface area (Å²) in [6.45, 7) is 2.53. The number of carbonyl (C=O) groups excluding carboxylic acids is 1. The number of alkyl halides is 2. The number of ether oxygens (including phenoxy) is 3. The molecule has 1 aromatic carbocycles. The molecule has 4 heterocycles. The van der Waals surface area contributed by atoms with Crippen molar-refractivity contribution in [2.75, 3.05) is 33.4 Å². The van der Waals surface area contributed by atoms with E-state index in [-0.39, 0.29) is 43.8 Å². The minimum Gasteiger partial charge on any atom is -0.394 e. The van der Waals surface area contributed by atoms with Gasteiger partial charge in [0.2, 0.25) is 5.91 Å². The quantitative estimate of drug-likeness (QED) is 0.282. The van der Waals surface area contributed by atoms with E-state index in [0.29, 0.717) is 0 Å². The van der Waals surface area contributed by atoms with E-state index in [4.69, 9.17) is 14.2 Å². The Balaban J connectivity index is 1.48. The average molecular weight is 681 g/mol. The summed E-state index contributed by atoms with van der Waals surface area (Å²) in [5.74, 6) is -8.03. The molecule has 17 heteroatoms. The molecule has 7 atom stereocenters. The second kappa shape index (κ2) is 13.2. The van der Waals surface area contributed by atoms with Crippen LogP contribution in [0.15, 0.2) is 18.3 Å². The van der Waals surface area contributed by atoms with Crippen molar-refractivity contribution >= 4 is 17.7 Å². The molecule has 0 saturated carbocycles. The maximum Gasteiger partial charge on any atom is 0.251 e. The zero-order valence-electron chi connectivity index (χ0n) is 25.4. The Kier molecular flexibility index (Phi) is 10.0. The topological polar surface area (TPSA) is 139 Å². The molecule has 1 amide bonds. The number of halogens is 5. The molecule has 11 nitrogen and oxygen atoms in total. The molecule has 0 spiro atoms. The Bertz CT molecular complexity index is 1390. The van der Waals surface area contributed by atoms with Crippen LogP contribution >= 0.6 is 11.8 Å².